The van der Waals surface area contributed by atoms with Gasteiger partial charge in [0.15, 0.2) is 0 Å². The molecule has 0 bridgehead atoms. The van der Waals surface area contributed by atoms with Crippen LogP contribution in [0.1, 0.15) is 20.8 Å². The summed E-state index contributed by atoms with van der Waals surface area (Å²) in [5.74, 6) is -0.506. The molecule has 7 heteroatoms. The SMILES string of the molecule is CC(C)NCC(C)S(=O)(=O)Nc1ccc(Br)c(F)c1. The van der Waals surface area contributed by atoms with Crippen molar-refractivity contribution in [3.63, 3.8) is 0 Å². The Labute approximate surface area is 122 Å². The van der Waals surface area contributed by atoms with Gasteiger partial charge in [-0.15, -0.1) is 0 Å². The molecule has 1 atom stereocenters. The minimum Gasteiger partial charge on any atom is -0.313 e. The van der Waals surface area contributed by atoms with Gasteiger partial charge < -0.3 is 5.32 Å². The molecule has 0 aliphatic carbocycles. The van der Waals surface area contributed by atoms with Gasteiger partial charge in [-0.25, -0.2) is 12.8 Å². The van der Waals surface area contributed by atoms with Crippen molar-refractivity contribution < 1.29 is 12.8 Å². The topological polar surface area (TPSA) is 58.2 Å². The van der Waals surface area contributed by atoms with E-state index in [0.717, 1.165) is 6.07 Å². The van der Waals surface area contributed by atoms with Gasteiger partial charge in [0.1, 0.15) is 5.82 Å². The summed E-state index contributed by atoms with van der Waals surface area (Å²) in [6, 6.07) is 4.32. The third-order valence-electron chi connectivity index (χ3n) is 2.52. The quantitative estimate of drug-likeness (QED) is 0.827. The van der Waals surface area contributed by atoms with Gasteiger partial charge in [0.05, 0.1) is 15.4 Å². The second-order valence-corrected chi connectivity index (χ2v) is 7.60. The molecule has 0 aromatic heterocycles. The van der Waals surface area contributed by atoms with Gasteiger partial charge in [-0.2, -0.15) is 0 Å². The van der Waals surface area contributed by atoms with Crippen LogP contribution in [-0.2, 0) is 10.0 Å². The standard InChI is InChI=1S/C12H18BrFN2O2S/c1-8(2)15-7-9(3)19(17,18)16-10-4-5-11(13)12(14)6-10/h4-6,8-9,15-16H,7H2,1-3H3. The van der Waals surface area contributed by atoms with Gasteiger partial charge in [-0.1, -0.05) is 13.8 Å². The molecule has 19 heavy (non-hydrogen) atoms. The van der Waals surface area contributed by atoms with Crippen LogP contribution >= 0.6 is 15.9 Å². The molecule has 0 saturated heterocycles. The highest BCUT2D eigenvalue weighted by Gasteiger charge is 2.21. The summed E-state index contributed by atoms with van der Waals surface area (Å²) in [5, 5.41) is 2.45. The van der Waals surface area contributed by atoms with E-state index in [-0.39, 0.29) is 11.7 Å². The van der Waals surface area contributed by atoms with Crippen molar-refractivity contribution in [3.05, 3.63) is 28.5 Å². The number of hydrogen-bond acceptors (Lipinski definition) is 3. The Morgan fingerprint density at radius 2 is 1.95 bits per heavy atom. The van der Waals surface area contributed by atoms with Gasteiger partial charge >= 0.3 is 0 Å². The van der Waals surface area contributed by atoms with Crippen molar-refractivity contribution in [3.8, 4) is 0 Å². The van der Waals surface area contributed by atoms with E-state index in [0.29, 0.717) is 11.0 Å². The first-order chi connectivity index (χ1) is 8.72. The van der Waals surface area contributed by atoms with E-state index in [4.69, 9.17) is 0 Å². The van der Waals surface area contributed by atoms with Gasteiger partial charge in [0.2, 0.25) is 10.0 Å². The van der Waals surface area contributed by atoms with E-state index in [2.05, 4.69) is 26.0 Å². The molecule has 0 aliphatic rings. The van der Waals surface area contributed by atoms with Crippen molar-refractivity contribution in [1.29, 1.82) is 0 Å². The maximum Gasteiger partial charge on any atom is 0.236 e. The molecular weight excluding hydrogens is 335 g/mol. The molecule has 0 amide bonds. The zero-order valence-electron chi connectivity index (χ0n) is 11.1. The summed E-state index contributed by atoms with van der Waals surface area (Å²) in [5.41, 5.74) is 0.220. The predicted octanol–water partition coefficient (Wildman–Crippen LogP) is 2.72. The van der Waals surface area contributed by atoms with Crippen LogP contribution in [0, 0.1) is 5.82 Å². The maximum atomic E-state index is 13.3. The molecule has 0 aliphatic heterocycles. The lowest BCUT2D eigenvalue weighted by molar-refractivity contribution is 0.553. The first-order valence-electron chi connectivity index (χ1n) is 5.92. The van der Waals surface area contributed by atoms with Crippen LogP contribution < -0.4 is 10.0 Å². The van der Waals surface area contributed by atoms with E-state index in [9.17, 15) is 12.8 Å². The fourth-order valence-electron chi connectivity index (χ4n) is 1.34. The van der Waals surface area contributed by atoms with Gasteiger partial charge in [0.25, 0.3) is 0 Å². The largest absolute Gasteiger partial charge is 0.313 e. The predicted molar refractivity (Wildman–Crippen MR) is 79.2 cm³/mol. The van der Waals surface area contributed by atoms with Crippen LogP contribution in [0.15, 0.2) is 22.7 Å². The van der Waals surface area contributed by atoms with Gasteiger partial charge in [-0.3, -0.25) is 4.72 Å². The van der Waals surface area contributed by atoms with Crippen molar-refractivity contribution in [1.82, 2.24) is 5.32 Å². The Hall–Kier alpha value is -0.660. The summed E-state index contributed by atoms with van der Waals surface area (Å²) >= 11 is 3.02. The molecule has 1 unspecified atom stereocenters. The zero-order chi connectivity index (χ0) is 14.6. The summed E-state index contributed by atoms with van der Waals surface area (Å²) in [7, 11) is -3.53. The van der Waals surface area contributed by atoms with Crippen LogP contribution in [0.5, 0.6) is 0 Å². The Balaban J connectivity index is 2.75. The Kier molecular flexibility index (Phi) is 5.76. The second kappa shape index (κ2) is 6.67. The first kappa shape index (κ1) is 16.4. The van der Waals surface area contributed by atoms with E-state index >= 15 is 0 Å². The van der Waals surface area contributed by atoms with Crippen molar-refractivity contribution in [2.24, 2.45) is 0 Å². The minimum atomic E-state index is -3.53. The van der Waals surface area contributed by atoms with Crippen LogP contribution in [0.4, 0.5) is 10.1 Å². The maximum absolute atomic E-state index is 13.3. The molecule has 1 aromatic carbocycles. The molecule has 1 rings (SSSR count). The highest BCUT2D eigenvalue weighted by molar-refractivity contribution is 9.10. The van der Waals surface area contributed by atoms with Crippen LogP contribution in [0.3, 0.4) is 0 Å². The number of sulfonamides is 1. The average molecular weight is 353 g/mol. The van der Waals surface area contributed by atoms with Crippen LogP contribution in [0.2, 0.25) is 0 Å². The Morgan fingerprint density at radius 1 is 1.32 bits per heavy atom. The third-order valence-corrected chi connectivity index (χ3v) is 4.91. The van der Waals surface area contributed by atoms with E-state index in [1.165, 1.54) is 12.1 Å². The molecule has 0 fully saturated rings. The van der Waals surface area contributed by atoms with Crippen molar-refractivity contribution in [2.75, 3.05) is 11.3 Å². The lowest BCUT2D eigenvalue weighted by Crippen LogP contribution is -2.37. The average Bonchev–Trinajstić information content (AvgIpc) is 2.30. The fourth-order valence-corrected chi connectivity index (χ4v) is 2.55. The molecule has 0 heterocycles. The molecule has 0 radical (unpaired) electrons. The molecule has 108 valence electrons. The molecule has 1 aromatic rings. The van der Waals surface area contributed by atoms with Crippen LogP contribution in [0.25, 0.3) is 0 Å². The van der Waals surface area contributed by atoms with E-state index in [1.54, 1.807) is 6.92 Å². The molecule has 4 nitrogen and oxygen atoms in total. The summed E-state index contributed by atoms with van der Waals surface area (Å²) in [6.45, 7) is 5.83. The lowest BCUT2D eigenvalue weighted by atomic mass is 10.3. The minimum absolute atomic E-state index is 0.211. The molecular formula is C12H18BrFN2O2S. The Morgan fingerprint density at radius 3 is 2.47 bits per heavy atom. The highest BCUT2D eigenvalue weighted by Crippen LogP contribution is 2.20. The number of rotatable bonds is 6. The highest BCUT2D eigenvalue weighted by atomic mass is 79.9. The summed E-state index contributed by atoms with van der Waals surface area (Å²) in [6.07, 6.45) is 0. The monoisotopic (exact) mass is 352 g/mol. The fraction of sp³-hybridized carbons (Fsp3) is 0.500. The third kappa shape index (κ3) is 5.08. The number of benzene rings is 1. The molecule has 2 N–H and O–H groups in total. The Bertz CT molecular complexity index is 535. The first-order valence-corrected chi connectivity index (χ1v) is 8.26. The van der Waals surface area contributed by atoms with E-state index < -0.39 is 21.1 Å². The molecule has 0 saturated carbocycles. The van der Waals surface area contributed by atoms with Crippen LogP contribution in [-0.4, -0.2) is 26.3 Å². The number of hydrogen-bond donors (Lipinski definition) is 2. The smallest absolute Gasteiger partial charge is 0.236 e. The second-order valence-electron chi connectivity index (χ2n) is 4.65. The van der Waals surface area contributed by atoms with E-state index in [1.807, 2.05) is 13.8 Å². The summed E-state index contributed by atoms with van der Waals surface area (Å²) < 4.78 is 40.0. The lowest BCUT2D eigenvalue weighted by Gasteiger charge is -2.17. The zero-order valence-corrected chi connectivity index (χ0v) is 13.5. The number of anilines is 1. The number of halogens is 2. The normalized spacial score (nSPS) is 13.6. The number of nitrogens with one attached hydrogen (secondary N) is 2. The van der Waals surface area contributed by atoms with Gasteiger partial charge in [0, 0.05) is 12.6 Å². The summed E-state index contributed by atoms with van der Waals surface area (Å²) in [4.78, 5) is 0. The van der Waals surface area contributed by atoms with Crippen molar-refractivity contribution in [2.45, 2.75) is 32.1 Å². The molecule has 0 spiro atoms. The van der Waals surface area contributed by atoms with Gasteiger partial charge in [-0.05, 0) is 41.1 Å². The van der Waals surface area contributed by atoms with Crippen molar-refractivity contribution >= 4 is 31.6 Å².